The first-order chi connectivity index (χ1) is 14.6. The number of benzene rings is 3. The quantitative estimate of drug-likeness (QED) is 0.323. The monoisotopic (exact) mass is 417 g/mol. The molecule has 0 aliphatic rings. The van der Waals surface area contributed by atoms with Crippen LogP contribution in [0.15, 0.2) is 76.8 Å². The van der Waals surface area contributed by atoms with Crippen LogP contribution in [0.25, 0.3) is 16.8 Å². The van der Waals surface area contributed by atoms with E-state index in [-0.39, 0.29) is 4.91 Å². The number of aryl methyl sites for hydroxylation is 1. The van der Waals surface area contributed by atoms with Gasteiger partial charge in [0.25, 0.3) is 0 Å². The van der Waals surface area contributed by atoms with Crippen molar-refractivity contribution in [2.45, 2.75) is 18.7 Å². The molecule has 0 radical (unpaired) electrons. The molecule has 0 spiro atoms. The lowest BCUT2D eigenvalue weighted by Crippen LogP contribution is -2.00. The van der Waals surface area contributed by atoms with Gasteiger partial charge in [0.2, 0.25) is 5.16 Å². The standard InChI is InChI=1S/C23H19N3O3S/c1-15-24-23(26-25-15)30-21(22(27)28)13-19-18-10-6-5-9-17(18)11-12-20(19)29-14-16-7-3-2-4-8-16/h2-13H,14H2,1H3,(H,27,28)(H,24,25,26)/b21-13-. The predicted molar refractivity (Wildman–Crippen MR) is 117 cm³/mol. The van der Waals surface area contributed by atoms with Gasteiger partial charge in [-0.25, -0.2) is 9.78 Å². The Balaban J connectivity index is 1.75. The van der Waals surface area contributed by atoms with Crippen molar-refractivity contribution in [2.24, 2.45) is 0 Å². The van der Waals surface area contributed by atoms with Gasteiger partial charge in [-0.2, -0.15) is 0 Å². The third kappa shape index (κ3) is 4.52. The SMILES string of the molecule is Cc1nc(S/C(=C\c2c(OCc3ccccc3)ccc3ccccc23)C(=O)O)n[nH]1. The van der Waals surface area contributed by atoms with Crippen LogP contribution in [0.2, 0.25) is 0 Å². The Hall–Kier alpha value is -3.58. The maximum absolute atomic E-state index is 11.9. The fourth-order valence-electron chi connectivity index (χ4n) is 3.02. The number of hydrogen-bond donors (Lipinski definition) is 2. The van der Waals surface area contributed by atoms with Gasteiger partial charge >= 0.3 is 5.97 Å². The smallest absolute Gasteiger partial charge is 0.342 e. The lowest BCUT2D eigenvalue weighted by atomic mass is 10.0. The zero-order valence-electron chi connectivity index (χ0n) is 16.2. The van der Waals surface area contributed by atoms with Crippen LogP contribution >= 0.6 is 11.8 Å². The molecule has 7 heteroatoms. The minimum Gasteiger partial charge on any atom is -0.488 e. The van der Waals surface area contributed by atoms with E-state index in [2.05, 4.69) is 15.2 Å². The summed E-state index contributed by atoms with van der Waals surface area (Å²) in [6, 6.07) is 21.5. The molecule has 1 heterocycles. The molecule has 0 unspecified atom stereocenters. The van der Waals surface area contributed by atoms with Crippen LogP contribution in [0.3, 0.4) is 0 Å². The van der Waals surface area contributed by atoms with E-state index in [4.69, 9.17) is 4.74 Å². The van der Waals surface area contributed by atoms with Crippen molar-refractivity contribution in [3.8, 4) is 5.75 Å². The highest BCUT2D eigenvalue weighted by molar-refractivity contribution is 8.04. The molecular weight excluding hydrogens is 398 g/mol. The maximum Gasteiger partial charge on any atom is 0.342 e. The number of fused-ring (bicyclic) bond motifs is 1. The number of aliphatic carboxylic acids is 1. The van der Waals surface area contributed by atoms with Gasteiger partial charge in [0.15, 0.2) is 0 Å². The van der Waals surface area contributed by atoms with Crippen LogP contribution in [0.1, 0.15) is 17.0 Å². The fourth-order valence-corrected chi connectivity index (χ4v) is 3.75. The number of ether oxygens (including phenoxy) is 1. The number of rotatable bonds is 7. The number of carbonyl (C=O) groups is 1. The molecule has 0 fully saturated rings. The number of hydrogen-bond acceptors (Lipinski definition) is 5. The second kappa shape index (κ2) is 8.84. The number of carboxylic acid groups (broad SMARTS) is 1. The normalized spacial score (nSPS) is 11.6. The van der Waals surface area contributed by atoms with Crippen LogP contribution < -0.4 is 4.74 Å². The molecule has 0 bridgehead atoms. The molecular formula is C23H19N3O3S. The third-order valence-corrected chi connectivity index (χ3v) is 5.31. The number of H-pyrrole nitrogens is 1. The summed E-state index contributed by atoms with van der Waals surface area (Å²) >= 11 is 0.997. The zero-order chi connectivity index (χ0) is 20.9. The summed E-state index contributed by atoms with van der Waals surface area (Å²) in [7, 11) is 0. The van der Waals surface area contributed by atoms with E-state index >= 15 is 0 Å². The van der Waals surface area contributed by atoms with Gasteiger partial charge in [0.1, 0.15) is 23.1 Å². The molecule has 1 aromatic heterocycles. The number of aromatic amines is 1. The van der Waals surface area contributed by atoms with E-state index < -0.39 is 5.97 Å². The second-order valence-electron chi connectivity index (χ2n) is 6.59. The number of carboxylic acids is 1. The van der Waals surface area contributed by atoms with E-state index in [1.807, 2.05) is 66.7 Å². The minimum atomic E-state index is -1.05. The first-order valence-corrected chi connectivity index (χ1v) is 10.1. The summed E-state index contributed by atoms with van der Waals surface area (Å²) in [4.78, 5) is 16.2. The first kappa shape index (κ1) is 19.7. The van der Waals surface area contributed by atoms with Crippen molar-refractivity contribution >= 4 is 34.6 Å². The molecule has 6 nitrogen and oxygen atoms in total. The van der Waals surface area contributed by atoms with Crippen LogP contribution in [0.4, 0.5) is 0 Å². The highest BCUT2D eigenvalue weighted by atomic mass is 32.2. The maximum atomic E-state index is 11.9. The summed E-state index contributed by atoms with van der Waals surface area (Å²) in [5, 5.41) is 18.8. The number of aromatic nitrogens is 3. The highest BCUT2D eigenvalue weighted by Gasteiger charge is 2.16. The molecule has 150 valence electrons. The molecule has 0 amide bonds. The lowest BCUT2D eigenvalue weighted by molar-refractivity contribution is -0.131. The molecule has 0 aliphatic carbocycles. The van der Waals surface area contributed by atoms with Crippen molar-refractivity contribution in [1.29, 1.82) is 0 Å². The van der Waals surface area contributed by atoms with E-state index in [1.54, 1.807) is 13.0 Å². The Morgan fingerprint density at radius 1 is 1.10 bits per heavy atom. The van der Waals surface area contributed by atoms with Gasteiger partial charge in [0, 0.05) is 5.56 Å². The van der Waals surface area contributed by atoms with Gasteiger partial charge in [-0.1, -0.05) is 60.7 Å². The molecule has 0 saturated heterocycles. The van der Waals surface area contributed by atoms with Crippen molar-refractivity contribution < 1.29 is 14.6 Å². The van der Waals surface area contributed by atoms with Crippen LogP contribution in [-0.4, -0.2) is 26.3 Å². The molecule has 4 rings (SSSR count). The zero-order valence-corrected chi connectivity index (χ0v) is 17.0. The molecule has 0 saturated carbocycles. The van der Waals surface area contributed by atoms with E-state index in [0.29, 0.717) is 28.9 Å². The van der Waals surface area contributed by atoms with Crippen molar-refractivity contribution in [2.75, 3.05) is 0 Å². The minimum absolute atomic E-state index is 0.106. The Labute approximate surface area is 177 Å². The summed E-state index contributed by atoms with van der Waals surface area (Å²) < 4.78 is 6.08. The van der Waals surface area contributed by atoms with Gasteiger partial charge < -0.3 is 9.84 Å². The van der Waals surface area contributed by atoms with Gasteiger partial charge in [0.05, 0.1) is 0 Å². The van der Waals surface area contributed by atoms with Crippen molar-refractivity contribution in [1.82, 2.24) is 15.2 Å². The lowest BCUT2D eigenvalue weighted by Gasteiger charge is -2.13. The first-order valence-electron chi connectivity index (χ1n) is 9.30. The average molecular weight is 417 g/mol. The Morgan fingerprint density at radius 2 is 1.87 bits per heavy atom. The Morgan fingerprint density at radius 3 is 2.60 bits per heavy atom. The van der Waals surface area contributed by atoms with E-state index in [1.165, 1.54) is 0 Å². The van der Waals surface area contributed by atoms with Gasteiger partial charge in [-0.05, 0) is 47.2 Å². The van der Waals surface area contributed by atoms with E-state index in [0.717, 1.165) is 28.1 Å². The average Bonchev–Trinajstić information content (AvgIpc) is 3.17. The highest BCUT2D eigenvalue weighted by Crippen LogP contribution is 2.34. The number of thioether (sulfide) groups is 1. The summed E-state index contributed by atoms with van der Waals surface area (Å²) in [6.45, 7) is 2.15. The second-order valence-corrected chi connectivity index (χ2v) is 7.60. The van der Waals surface area contributed by atoms with Crippen molar-refractivity contribution in [3.63, 3.8) is 0 Å². The fraction of sp³-hybridized carbons (Fsp3) is 0.0870. The number of nitrogens with one attached hydrogen (secondary N) is 1. The van der Waals surface area contributed by atoms with Crippen molar-refractivity contribution in [3.05, 3.63) is 88.6 Å². The van der Waals surface area contributed by atoms with E-state index in [9.17, 15) is 9.90 Å². The summed E-state index contributed by atoms with van der Waals surface area (Å²) in [6.07, 6.45) is 1.63. The molecule has 0 aliphatic heterocycles. The van der Waals surface area contributed by atoms with Crippen LogP contribution in [0.5, 0.6) is 5.75 Å². The Kier molecular flexibility index (Phi) is 5.81. The molecule has 2 N–H and O–H groups in total. The predicted octanol–water partition coefficient (Wildman–Crippen LogP) is 5.06. The topological polar surface area (TPSA) is 88.1 Å². The largest absolute Gasteiger partial charge is 0.488 e. The Bertz CT molecular complexity index is 1220. The van der Waals surface area contributed by atoms with Crippen LogP contribution in [-0.2, 0) is 11.4 Å². The molecule has 4 aromatic rings. The third-order valence-electron chi connectivity index (χ3n) is 4.43. The van der Waals surface area contributed by atoms with Gasteiger partial charge in [-0.15, -0.1) is 5.10 Å². The summed E-state index contributed by atoms with van der Waals surface area (Å²) in [5.74, 6) is 0.187. The number of nitrogens with zero attached hydrogens (tertiary/aromatic N) is 2. The summed E-state index contributed by atoms with van der Waals surface area (Å²) in [5.41, 5.74) is 1.74. The molecule has 0 atom stereocenters. The van der Waals surface area contributed by atoms with Crippen LogP contribution in [0, 0.1) is 6.92 Å². The van der Waals surface area contributed by atoms with Gasteiger partial charge in [-0.3, -0.25) is 5.10 Å². The molecule has 3 aromatic carbocycles. The molecule has 30 heavy (non-hydrogen) atoms.